The summed E-state index contributed by atoms with van der Waals surface area (Å²) in [5.74, 6) is -0.634. The van der Waals surface area contributed by atoms with Gasteiger partial charge in [0.1, 0.15) is 11.9 Å². The maximum atomic E-state index is 12.7. The third-order valence-corrected chi connectivity index (χ3v) is 4.02. The van der Waals surface area contributed by atoms with Gasteiger partial charge in [-0.1, -0.05) is 0 Å². The van der Waals surface area contributed by atoms with Crippen molar-refractivity contribution in [3.05, 3.63) is 29.6 Å². The fraction of sp³-hybridized carbons (Fsp3) is 0.500. The van der Waals surface area contributed by atoms with Crippen molar-refractivity contribution in [3.63, 3.8) is 0 Å². The standard InChI is InChI=1S/C14H15F3N4O3/c15-14(16,17)9-4-8(5-18-6-9)7-20-13(24)21-10(12(22)23)2-1-3-11(21)19-20/h4-6,10,13,24H,1-3,7H2,(H,22,23)/t10-,13?/m0/s1. The van der Waals surface area contributed by atoms with Gasteiger partial charge in [-0.2, -0.15) is 18.3 Å². The molecule has 1 aromatic heterocycles. The lowest BCUT2D eigenvalue weighted by Crippen LogP contribution is -2.52. The molecule has 10 heteroatoms. The highest BCUT2D eigenvalue weighted by Gasteiger charge is 2.42. The molecule has 1 aromatic rings. The van der Waals surface area contributed by atoms with Gasteiger partial charge in [0.2, 0.25) is 6.35 Å². The summed E-state index contributed by atoms with van der Waals surface area (Å²) < 4.78 is 38.2. The quantitative estimate of drug-likeness (QED) is 0.863. The van der Waals surface area contributed by atoms with Crippen LogP contribution in [0.25, 0.3) is 0 Å². The van der Waals surface area contributed by atoms with Gasteiger partial charge in [0.25, 0.3) is 0 Å². The van der Waals surface area contributed by atoms with Crippen molar-refractivity contribution < 1.29 is 28.2 Å². The molecule has 0 radical (unpaired) electrons. The summed E-state index contributed by atoms with van der Waals surface area (Å²) in [6.07, 6.45) is -2.34. The summed E-state index contributed by atoms with van der Waals surface area (Å²) in [7, 11) is 0. The maximum absolute atomic E-state index is 12.7. The van der Waals surface area contributed by atoms with E-state index in [0.717, 1.165) is 12.3 Å². The smallest absolute Gasteiger partial charge is 0.417 e. The van der Waals surface area contributed by atoms with Crippen LogP contribution in [0.3, 0.4) is 0 Å². The minimum absolute atomic E-state index is 0.107. The van der Waals surface area contributed by atoms with Crippen LogP contribution in [0.15, 0.2) is 23.6 Å². The van der Waals surface area contributed by atoms with Crippen molar-refractivity contribution in [1.29, 1.82) is 0 Å². The first-order chi connectivity index (χ1) is 11.3. The number of carboxylic acid groups (broad SMARTS) is 1. The van der Waals surface area contributed by atoms with Crippen LogP contribution in [0.4, 0.5) is 13.2 Å². The van der Waals surface area contributed by atoms with E-state index in [0.29, 0.717) is 25.1 Å². The van der Waals surface area contributed by atoms with Gasteiger partial charge in [-0.05, 0) is 24.5 Å². The van der Waals surface area contributed by atoms with E-state index in [1.54, 1.807) is 0 Å². The van der Waals surface area contributed by atoms with E-state index in [4.69, 9.17) is 0 Å². The Morgan fingerprint density at radius 3 is 2.79 bits per heavy atom. The molecule has 0 aromatic carbocycles. The number of fused-ring (bicyclic) bond motifs is 1. The van der Waals surface area contributed by atoms with Crippen molar-refractivity contribution in [3.8, 4) is 0 Å². The molecule has 0 amide bonds. The lowest BCUT2D eigenvalue weighted by molar-refractivity contribution is -0.150. The molecule has 1 unspecified atom stereocenters. The van der Waals surface area contributed by atoms with E-state index in [-0.39, 0.29) is 12.1 Å². The Hall–Kier alpha value is -2.36. The number of aromatic nitrogens is 1. The summed E-state index contributed by atoms with van der Waals surface area (Å²) in [5.41, 5.74) is -0.664. The normalized spacial score (nSPS) is 23.9. The number of aliphatic carboxylic acids is 1. The monoisotopic (exact) mass is 344 g/mol. The molecule has 24 heavy (non-hydrogen) atoms. The molecule has 1 fully saturated rings. The zero-order valence-corrected chi connectivity index (χ0v) is 12.4. The first-order valence-electron chi connectivity index (χ1n) is 7.32. The summed E-state index contributed by atoms with van der Waals surface area (Å²) >= 11 is 0. The molecule has 0 bridgehead atoms. The zero-order chi connectivity index (χ0) is 17.5. The van der Waals surface area contributed by atoms with Gasteiger partial charge in [0.05, 0.1) is 12.1 Å². The van der Waals surface area contributed by atoms with E-state index in [1.807, 2.05) is 0 Å². The Morgan fingerprint density at radius 2 is 2.12 bits per heavy atom. The molecule has 3 rings (SSSR count). The lowest BCUT2D eigenvalue weighted by Gasteiger charge is -2.34. The van der Waals surface area contributed by atoms with Gasteiger partial charge in [-0.25, -0.2) is 9.80 Å². The number of halogens is 3. The highest BCUT2D eigenvalue weighted by Crippen LogP contribution is 2.31. The molecule has 130 valence electrons. The molecule has 2 aliphatic rings. The Labute approximate surface area is 135 Å². The van der Waals surface area contributed by atoms with Crippen LogP contribution < -0.4 is 0 Å². The molecule has 7 nitrogen and oxygen atoms in total. The van der Waals surface area contributed by atoms with E-state index in [1.165, 1.54) is 16.1 Å². The van der Waals surface area contributed by atoms with E-state index < -0.39 is 30.1 Å². The minimum atomic E-state index is -4.51. The molecule has 2 atom stereocenters. The number of hydrazone groups is 1. The highest BCUT2D eigenvalue weighted by atomic mass is 19.4. The fourth-order valence-electron chi connectivity index (χ4n) is 2.92. The number of piperidine rings is 1. The largest absolute Gasteiger partial charge is 0.480 e. The predicted molar refractivity (Wildman–Crippen MR) is 75.3 cm³/mol. The summed E-state index contributed by atoms with van der Waals surface area (Å²) in [4.78, 5) is 16.2. The van der Waals surface area contributed by atoms with Gasteiger partial charge in [0.15, 0.2) is 0 Å². The van der Waals surface area contributed by atoms with Crippen molar-refractivity contribution in [2.75, 3.05) is 0 Å². The number of carboxylic acids is 1. The third kappa shape index (κ3) is 3.01. The third-order valence-electron chi connectivity index (χ3n) is 4.02. The maximum Gasteiger partial charge on any atom is 0.417 e. The van der Waals surface area contributed by atoms with Crippen LogP contribution in [0.5, 0.6) is 0 Å². The number of amidine groups is 1. The number of rotatable bonds is 3. The molecule has 0 aliphatic carbocycles. The summed E-state index contributed by atoms with van der Waals surface area (Å²) in [6.45, 7) is -0.107. The second kappa shape index (κ2) is 5.93. The molecular formula is C14H15F3N4O3. The number of alkyl halides is 3. The molecule has 0 saturated carbocycles. The molecule has 1 saturated heterocycles. The molecular weight excluding hydrogens is 329 g/mol. The van der Waals surface area contributed by atoms with Gasteiger partial charge in [-0.15, -0.1) is 0 Å². The lowest BCUT2D eigenvalue weighted by atomic mass is 10.0. The SMILES string of the molecule is O=C(O)[C@@H]1CCCC2=NN(Cc3cncc(C(F)(F)F)c3)C(O)N21. The van der Waals surface area contributed by atoms with E-state index >= 15 is 0 Å². The van der Waals surface area contributed by atoms with Gasteiger partial charge in [-0.3, -0.25) is 4.98 Å². The number of aliphatic hydroxyl groups is 1. The Morgan fingerprint density at radius 1 is 1.38 bits per heavy atom. The van der Waals surface area contributed by atoms with Crippen LogP contribution in [-0.4, -0.2) is 49.3 Å². The van der Waals surface area contributed by atoms with Crippen molar-refractivity contribution in [2.45, 2.75) is 44.4 Å². The van der Waals surface area contributed by atoms with Crippen molar-refractivity contribution in [2.24, 2.45) is 5.10 Å². The van der Waals surface area contributed by atoms with Crippen LogP contribution >= 0.6 is 0 Å². The summed E-state index contributed by atoms with van der Waals surface area (Å²) in [6, 6.07) is 0.0449. The number of pyridine rings is 1. The Kier molecular flexibility index (Phi) is 4.08. The predicted octanol–water partition coefficient (Wildman–Crippen LogP) is 1.44. The van der Waals surface area contributed by atoms with Gasteiger partial charge < -0.3 is 15.1 Å². The number of nitrogens with zero attached hydrogens (tertiary/aromatic N) is 4. The first kappa shape index (κ1) is 16.5. The number of hydrogen-bond donors (Lipinski definition) is 2. The van der Waals surface area contributed by atoms with Gasteiger partial charge in [0, 0.05) is 18.8 Å². The first-order valence-corrected chi connectivity index (χ1v) is 7.32. The average Bonchev–Trinajstić information content (AvgIpc) is 2.83. The number of carbonyl (C=O) groups is 1. The highest BCUT2D eigenvalue weighted by molar-refractivity contribution is 5.89. The van der Waals surface area contributed by atoms with E-state index in [9.17, 15) is 28.2 Å². The van der Waals surface area contributed by atoms with E-state index in [2.05, 4.69) is 10.1 Å². The van der Waals surface area contributed by atoms with Crippen LogP contribution in [0.1, 0.15) is 30.4 Å². The number of hydrogen-bond acceptors (Lipinski definition) is 6. The second-order valence-corrected chi connectivity index (χ2v) is 5.69. The van der Waals surface area contributed by atoms with Gasteiger partial charge >= 0.3 is 12.1 Å². The van der Waals surface area contributed by atoms with Crippen molar-refractivity contribution >= 4 is 11.8 Å². The molecule has 3 heterocycles. The average molecular weight is 344 g/mol. The second-order valence-electron chi connectivity index (χ2n) is 5.69. The molecule has 0 spiro atoms. The number of aliphatic hydroxyl groups excluding tert-OH is 1. The van der Waals surface area contributed by atoms with Crippen LogP contribution in [-0.2, 0) is 17.5 Å². The van der Waals surface area contributed by atoms with Crippen LogP contribution in [0, 0.1) is 0 Å². The van der Waals surface area contributed by atoms with Crippen LogP contribution in [0.2, 0.25) is 0 Å². The summed E-state index contributed by atoms with van der Waals surface area (Å²) in [5, 5.41) is 24.9. The Balaban J connectivity index is 1.80. The zero-order valence-electron chi connectivity index (χ0n) is 12.4. The minimum Gasteiger partial charge on any atom is -0.480 e. The van der Waals surface area contributed by atoms with Crippen molar-refractivity contribution in [1.82, 2.24) is 14.9 Å². The topological polar surface area (TPSA) is 89.3 Å². The molecule has 2 N–H and O–H groups in total. The Bertz CT molecular complexity index is 679. The fourth-order valence-corrected chi connectivity index (χ4v) is 2.92. The molecule has 2 aliphatic heterocycles.